The van der Waals surface area contributed by atoms with Crippen molar-refractivity contribution in [1.82, 2.24) is 20.0 Å². The van der Waals surface area contributed by atoms with Gasteiger partial charge in [0.25, 0.3) is 5.91 Å². The number of morpholine rings is 1. The molecule has 3 fully saturated rings. The minimum atomic E-state index is -0.993. The van der Waals surface area contributed by atoms with Crippen LogP contribution in [0.1, 0.15) is 24.3 Å². The van der Waals surface area contributed by atoms with E-state index in [1.54, 1.807) is 4.90 Å². The molecule has 1 aliphatic carbocycles. The van der Waals surface area contributed by atoms with Gasteiger partial charge in [0.15, 0.2) is 5.60 Å². The van der Waals surface area contributed by atoms with Crippen molar-refractivity contribution in [2.24, 2.45) is 0 Å². The summed E-state index contributed by atoms with van der Waals surface area (Å²) in [4.78, 5) is 31.9. The quantitative estimate of drug-likeness (QED) is 0.824. The Hall–Kier alpha value is -2.12. The first-order chi connectivity index (χ1) is 13.5. The number of ether oxygens (including phenoxy) is 1. The first-order valence-corrected chi connectivity index (χ1v) is 10.2. The number of amides is 3. The largest absolute Gasteiger partial charge is 0.361 e. The Morgan fingerprint density at radius 3 is 2.71 bits per heavy atom. The second-order valence-corrected chi connectivity index (χ2v) is 8.40. The van der Waals surface area contributed by atoms with E-state index in [-0.39, 0.29) is 17.9 Å². The van der Waals surface area contributed by atoms with E-state index in [2.05, 4.69) is 22.3 Å². The van der Waals surface area contributed by atoms with E-state index in [4.69, 9.17) is 4.74 Å². The standard InChI is InChI=1S/C21H30N4O3/c1-23(2)10-11-24-14-18(16-6-4-3-5-7-16)21(19(24)26)15-25(12-13-28-21)20(27)22-17-8-9-17/h3-7,17-18H,8-15H2,1-2H3,(H,22,27)/t18-,21+/m0/s1. The molecule has 2 atom stereocenters. The minimum Gasteiger partial charge on any atom is -0.361 e. The maximum absolute atomic E-state index is 13.5. The van der Waals surface area contributed by atoms with Gasteiger partial charge in [0.1, 0.15) is 0 Å². The van der Waals surface area contributed by atoms with Crippen LogP contribution in [-0.2, 0) is 9.53 Å². The first kappa shape index (κ1) is 19.2. The second-order valence-electron chi connectivity index (χ2n) is 8.40. The van der Waals surface area contributed by atoms with Gasteiger partial charge < -0.3 is 24.8 Å². The van der Waals surface area contributed by atoms with Crippen LogP contribution in [-0.4, -0.2) is 91.7 Å². The van der Waals surface area contributed by atoms with Crippen LogP contribution < -0.4 is 5.32 Å². The topological polar surface area (TPSA) is 65.1 Å². The molecule has 3 amide bonds. The Balaban J connectivity index is 1.59. The average molecular weight is 386 g/mol. The Labute approximate surface area is 166 Å². The summed E-state index contributed by atoms with van der Waals surface area (Å²) in [7, 11) is 4.01. The molecule has 28 heavy (non-hydrogen) atoms. The van der Waals surface area contributed by atoms with Crippen molar-refractivity contribution in [3.63, 3.8) is 0 Å². The number of urea groups is 1. The highest BCUT2D eigenvalue weighted by Gasteiger charge is 2.58. The number of hydrogen-bond acceptors (Lipinski definition) is 4. The lowest BCUT2D eigenvalue weighted by Crippen LogP contribution is -2.61. The third-order valence-corrected chi connectivity index (χ3v) is 5.97. The van der Waals surface area contributed by atoms with Gasteiger partial charge in [-0.05, 0) is 32.5 Å². The number of benzene rings is 1. The Morgan fingerprint density at radius 2 is 2.04 bits per heavy atom. The van der Waals surface area contributed by atoms with Gasteiger partial charge in [-0.3, -0.25) is 4.79 Å². The number of rotatable bonds is 5. The molecule has 1 N–H and O–H groups in total. The summed E-state index contributed by atoms with van der Waals surface area (Å²) < 4.78 is 6.22. The molecule has 0 unspecified atom stereocenters. The molecular formula is C21H30N4O3. The molecule has 4 rings (SSSR count). The lowest BCUT2D eigenvalue weighted by molar-refractivity contribution is -0.159. The highest BCUT2D eigenvalue weighted by molar-refractivity contribution is 5.90. The molecule has 0 radical (unpaired) electrons. The highest BCUT2D eigenvalue weighted by Crippen LogP contribution is 2.42. The first-order valence-electron chi connectivity index (χ1n) is 10.2. The molecule has 7 nitrogen and oxygen atoms in total. The molecule has 1 aromatic carbocycles. The van der Waals surface area contributed by atoms with Gasteiger partial charge in [0.2, 0.25) is 0 Å². The van der Waals surface area contributed by atoms with Crippen LogP contribution in [0.3, 0.4) is 0 Å². The Kier molecular flexibility index (Phi) is 5.29. The molecule has 1 saturated carbocycles. The third-order valence-electron chi connectivity index (χ3n) is 5.97. The molecule has 0 bridgehead atoms. The summed E-state index contributed by atoms with van der Waals surface area (Å²) >= 11 is 0. The molecule has 7 heteroatoms. The monoisotopic (exact) mass is 386 g/mol. The van der Waals surface area contributed by atoms with Crippen molar-refractivity contribution in [3.05, 3.63) is 35.9 Å². The number of hydrogen-bond donors (Lipinski definition) is 1. The maximum atomic E-state index is 13.5. The predicted octanol–water partition coefficient (Wildman–Crippen LogP) is 1.12. The normalized spacial score (nSPS) is 27.7. The maximum Gasteiger partial charge on any atom is 0.317 e. The van der Waals surface area contributed by atoms with E-state index < -0.39 is 5.60 Å². The fourth-order valence-electron chi connectivity index (χ4n) is 4.19. The average Bonchev–Trinajstić information content (AvgIpc) is 3.48. The third kappa shape index (κ3) is 3.73. The Morgan fingerprint density at radius 1 is 1.29 bits per heavy atom. The summed E-state index contributed by atoms with van der Waals surface area (Å²) in [6.07, 6.45) is 2.09. The van der Waals surface area contributed by atoms with Gasteiger partial charge in [-0.2, -0.15) is 0 Å². The van der Waals surface area contributed by atoms with Gasteiger partial charge in [-0.1, -0.05) is 30.3 Å². The number of nitrogens with one attached hydrogen (secondary N) is 1. The summed E-state index contributed by atoms with van der Waals surface area (Å²) in [5.74, 6) is -0.0768. The zero-order valence-electron chi connectivity index (χ0n) is 16.8. The van der Waals surface area contributed by atoms with Crippen LogP contribution >= 0.6 is 0 Å². The molecule has 152 valence electrons. The van der Waals surface area contributed by atoms with Gasteiger partial charge >= 0.3 is 6.03 Å². The van der Waals surface area contributed by atoms with Crippen molar-refractivity contribution in [3.8, 4) is 0 Å². The van der Waals surface area contributed by atoms with Crippen LogP contribution in [0.4, 0.5) is 4.79 Å². The zero-order valence-corrected chi connectivity index (χ0v) is 16.8. The SMILES string of the molecule is CN(C)CCN1C[C@@H](c2ccccc2)[C@]2(CN(C(=O)NC3CC3)CCO2)C1=O. The molecule has 2 heterocycles. The van der Waals surface area contributed by atoms with E-state index in [0.29, 0.717) is 38.8 Å². The second kappa shape index (κ2) is 7.72. The van der Waals surface area contributed by atoms with Crippen molar-refractivity contribution >= 4 is 11.9 Å². The smallest absolute Gasteiger partial charge is 0.317 e. The number of likely N-dealkylation sites (N-methyl/N-ethyl adjacent to an activating group) is 1. The van der Waals surface area contributed by atoms with Gasteiger partial charge in [-0.25, -0.2) is 4.79 Å². The van der Waals surface area contributed by atoms with E-state index in [1.807, 2.05) is 37.2 Å². The fourth-order valence-corrected chi connectivity index (χ4v) is 4.19. The predicted molar refractivity (Wildman–Crippen MR) is 106 cm³/mol. The highest BCUT2D eigenvalue weighted by atomic mass is 16.5. The summed E-state index contributed by atoms with van der Waals surface area (Å²) in [5, 5.41) is 3.05. The van der Waals surface area contributed by atoms with Crippen LogP contribution in [0, 0.1) is 0 Å². The minimum absolute atomic E-state index is 0.00660. The van der Waals surface area contributed by atoms with E-state index >= 15 is 0 Å². The molecule has 3 aliphatic rings. The summed E-state index contributed by atoms with van der Waals surface area (Å²) in [6, 6.07) is 10.3. The van der Waals surface area contributed by atoms with Crippen molar-refractivity contribution in [2.45, 2.75) is 30.4 Å². The molecule has 1 spiro atoms. The molecular weight excluding hydrogens is 356 g/mol. The van der Waals surface area contributed by atoms with Crippen LogP contribution in [0.25, 0.3) is 0 Å². The van der Waals surface area contributed by atoms with E-state index in [1.165, 1.54) is 0 Å². The van der Waals surface area contributed by atoms with Crippen LogP contribution in [0.15, 0.2) is 30.3 Å². The van der Waals surface area contributed by atoms with Gasteiger partial charge in [0, 0.05) is 38.1 Å². The summed E-state index contributed by atoms with van der Waals surface area (Å²) in [6.45, 7) is 3.29. The van der Waals surface area contributed by atoms with Gasteiger partial charge in [-0.15, -0.1) is 0 Å². The van der Waals surface area contributed by atoms with E-state index in [0.717, 1.165) is 24.9 Å². The van der Waals surface area contributed by atoms with Crippen LogP contribution in [0.2, 0.25) is 0 Å². The number of carbonyl (C=O) groups is 2. The lowest BCUT2D eigenvalue weighted by Gasteiger charge is -2.42. The molecule has 2 aliphatic heterocycles. The Bertz CT molecular complexity index is 722. The van der Waals surface area contributed by atoms with Gasteiger partial charge in [0.05, 0.1) is 13.2 Å². The fraction of sp³-hybridized carbons (Fsp3) is 0.619. The zero-order chi connectivity index (χ0) is 19.7. The van der Waals surface area contributed by atoms with Crippen molar-refractivity contribution < 1.29 is 14.3 Å². The molecule has 2 saturated heterocycles. The molecule has 1 aromatic rings. The number of likely N-dealkylation sites (tertiary alicyclic amines) is 1. The van der Waals surface area contributed by atoms with Crippen LogP contribution in [0.5, 0.6) is 0 Å². The molecule has 0 aromatic heterocycles. The van der Waals surface area contributed by atoms with E-state index in [9.17, 15) is 9.59 Å². The number of nitrogens with zero attached hydrogens (tertiary/aromatic N) is 3. The lowest BCUT2D eigenvalue weighted by atomic mass is 9.83. The van der Waals surface area contributed by atoms with Crippen molar-refractivity contribution in [2.75, 3.05) is 53.4 Å². The summed E-state index contributed by atoms with van der Waals surface area (Å²) in [5.41, 5.74) is 0.0972. The van der Waals surface area contributed by atoms with Crippen molar-refractivity contribution in [1.29, 1.82) is 0 Å². The number of carbonyl (C=O) groups excluding carboxylic acids is 2.